The summed E-state index contributed by atoms with van der Waals surface area (Å²) >= 11 is 4.59. The molecule has 0 amide bonds. The molecule has 0 aliphatic heterocycles. The number of thiocarbonyl (C=S) groups is 1. The number of hydrogen-bond donors (Lipinski definition) is 2. The van der Waals surface area contributed by atoms with Crippen molar-refractivity contribution < 1.29 is 0 Å². The fourth-order valence-corrected chi connectivity index (χ4v) is 0.722. The number of rotatable bonds is 4. The van der Waals surface area contributed by atoms with Crippen molar-refractivity contribution in [2.75, 3.05) is 6.54 Å². The van der Waals surface area contributed by atoms with Crippen LogP contribution >= 0.6 is 12.2 Å². The molecule has 0 aliphatic rings. The molecule has 0 rings (SSSR count). The van der Waals surface area contributed by atoms with Crippen LogP contribution in [-0.4, -0.2) is 17.7 Å². The minimum Gasteiger partial charge on any atom is -0.675 e. The van der Waals surface area contributed by atoms with Crippen LogP contribution in [0.3, 0.4) is 0 Å². The summed E-state index contributed by atoms with van der Waals surface area (Å²) in [5.41, 5.74) is 12.4. The second kappa shape index (κ2) is 5.44. The molecule has 1 unspecified atom stereocenters. The highest BCUT2D eigenvalue weighted by Crippen LogP contribution is 1.96. The van der Waals surface area contributed by atoms with Crippen molar-refractivity contribution in [1.82, 2.24) is 5.32 Å². The largest absolute Gasteiger partial charge is 0.675 e. The summed E-state index contributed by atoms with van der Waals surface area (Å²) in [5, 5.41) is 3.17. The first-order chi connectivity index (χ1) is 4.63. The van der Waals surface area contributed by atoms with Gasteiger partial charge < -0.3 is 16.8 Å². The Hall–Kier alpha value is -0.350. The van der Waals surface area contributed by atoms with Crippen LogP contribution < -0.4 is 11.1 Å². The number of nitrogens with one attached hydrogen (secondary N) is 2. The van der Waals surface area contributed by atoms with Gasteiger partial charge in [0.2, 0.25) is 0 Å². The van der Waals surface area contributed by atoms with Gasteiger partial charge in [0.25, 0.3) is 0 Å². The van der Waals surface area contributed by atoms with E-state index in [0.29, 0.717) is 5.11 Å². The van der Waals surface area contributed by atoms with Gasteiger partial charge in [-0.25, -0.2) is 0 Å². The van der Waals surface area contributed by atoms with Crippen molar-refractivity contribution in [3.63, 3.8) is 0 Å². The first-order valence-electron chi connectivity index (χ1n) is 3.37. The predicted octanol–water partition coefficient (Wildman–Crippen LogP) is 1.04. The molecule has 0 saturated heterocycles. The van der Waals surface area contributed by atoms with Crippen molar-refractivity contribution in [3.8, 4) is 0 Å². The maximum absolute atomic E-state index is 7.17. The highest BCUT2D eigenvalue weighted by molar-refractivity contribution is 7.80. The normalized spacial score (nSPS) is 12.6. The van der Waals surface area contributed by atoms with E-state index in [4.69, 9.17) is 11.5 Å². The Morgan fingerprint density at radius 3 is 2.80 bits per heavy atom. The van der Waals surface area contributed by atoms with Crippen molar-refractivity contribution >= 4 is 17.3 Å². The SMILES string of the molecule is CC([NH-])CCCNC(N)=S. The molecule has 0 aliphatic carbocycles. The highest BCUT2D eigenvalue weighted by atomic mass is 32.1. The molecule has 0 fully saturated rings. The first kappa shape index (κ1) is 9.65. The fourth-order valence-electron chi connectivity index (χ4n) is 0.620. The molecule has 0 aromatic rings. The van der Waals surface area contributed by atoms with Crippen LogP contribution in [0.2, 0.25) is 0 Å². The lowest BCUT2D eigenvalue weighted by molar-refractivity contribution is 0.671. The van der Waals surface area contributed by atoms with Gasteiger partial charge in [0, 0.05) is 6.54 Å². The molecule has 4 N–H and O–H groups in total. The van der Waals surface area contributed by atoms with E-state index in [9.17, 15) is 0 Å². The van der Waals surface area contributed by atoms with Crippen molar-refractivity contribution in [2.24, 2.45) is 5.73 Å². The van der Waals surface area contributed by atoms with Crippen LogP contribution in [0.1, 0.15) is 19.8 Å². The summed E-state index contributed by atoms with van der Waals surface area (Å²) in [4.78, 5) is 0. The van der Waals surface area contributed by atoms with Crippen molar-refractivity contribution in [2.45, 2.75) is 25.8 Å². The monoisotopic (exact) mass is 160 g/mol. The Morgan fingerprint density at radius 1 is 1.80 bits per heavy atom. The van der Waals surface area contributed by atoms with Gasteiger partial charge in [-0.1, -0.05) is 13.3 Å². The van der Waals surface area contributed by atoms with Gasteiger partial charge in [0.1, 0.15) is 0 Å². The van der Waals surface area contributed by atoms with Gasteiger partial charge in [-0.2, -0.15) is 0 Å². The van der Waals surface area contributed by atoms with Crippen LogP contribution in [0, 0.1) is 0 Å². The van der Waals surface area contributed by atoms with Crippen LogP contribution in [-0.2, 0) is 0 Å². The molecule has 0 bridgehead atoms. The van der Waals surface area contributed by atoms with Gasteiger partial charge in [-0.05, 0) is 18.6 Å². The zero-order chi connectivity index (χ0) is 7.98. The summed E-state index contributed by atoms with van der Waals surface area (Å²) in [5.74, 6) is 0. The van der Waals surface area contributed by atoms with E-state index in [1.165, 1.54) is 0 Å². The summed E-state index contributed by atoms with van der Waals surface area (Å²) < 4.78 is 0. The second-order valence-electron chi connectivity index (χ2n) is 2.33. The molecule has 0 saturated carbocycles. The molecule has 0 spiro atoms. The molecule has 0 aromatic heterocycles. The highest BCUT2D eigenvalue weighted by Gasteiger charge is 1.88. The van der Waals surface area contributed by atoms with Crippen LogP contribution in [0.25, 0.3) is 5.73 Å². The summed E-state index contributed by atoms with van der Waals surface area (Å²) in [6, 6.07) is 0.0214. The maximum Gasteiger partial charge on any atom is 0.163 e. The quantitative estimate of drug-likeness (QED) is 0.477. The molecular formula is C6H14N3S-. The molecule has 60 valence electrons. The first-order valence-corrected chi connectivity index (χ1v) is 3.78. The van der Waals surface area contributed by atoms with E-state index in [0.717, 1.165) is 19.4 Å². The van der Waals surface area contributed by atoms with E-state index < -0.39 is 0 Å². The lowest BCUT2D eigenvalue weighted by Crippen LogP contribution is -2.29. The number of hydrogen-bond acceptors (Lipinski definition) is 1. The van der Waals surface area contributed by atoms with E-state index in [1.807, 2.05) is 6.92 Å². The summed E-state index contributed by atoms with van der Waals surface area (Å²) in [6.45, 7) is 2.67. The lowest BCUT2D eigenvalue weighted by Gasteiger charge is -2.12. The Labute approximate surface area is 67.2 Å². The van der Waals surface area contributed by atoms with Crippen LogP contribution in [0.4, 0.5) is 0 Å². The summed E-state index contributed by atoms with van der Waals surface area (Å²) in [7, 11) is 0. The van der Waals surface area contributed by atoms with Gasteiger partial charge in [-0.3, -0.25) is 0 Å². The fraction of sp³-hybridized carbons (Fsp3) is 0.833. The van der Waals surface area contributed by atoms with Crippen molar-refractivity contribution in [3.05, 3.63) is 5.73 Å². The Kier molecular flexibility index (Phi) is 5.25. The third-order valence-corrected chi connectivity index (χ3v) is 1.26. The predicted molar refractivity (Wildman–Crippen MR) is 47.8 cm³/mol. The van der Waals surface area contributed by atoms with Gasteiger partial charge in [0.05, 0.1) is 0 Å². The molecular weight excluding hydrogens is 146 g/mol. The molecule has 0 heterocycles. The molecule has 0 aromatic carbocycles. The second-order valence-corrected chi connectivity index (χ2v) is 2.77. The summed E-state index contributed by atoms with van der Waals surface area (Å²) in [6.07, 6.45) is 1.86. The maximum atomic E-state index is 7.17. The van der Waals surface area contributed by atoms with Crippen LogP contribution in [0.15, 0.2) is 0 Å². The van der Waals surface area contributed by atoms with Gasteiger partial charge >= 0.3 is 0 Å². The zero-order valence-corrected chi connectivity index (χ0v) is 7.00. The van der Waals surface area contributed by atoms with Crippen molar-refractivity contribution in [1.29, 1.82) is 0 Å². The third-order valence-electron chi connectivity index (χ3n) is 1.11. The topological polar surface area (TPSA) is 61.8 Å². The van der Waals surface area contributed by atoms with Gasteiger partial charge in [0.15, 0.2) is 5.11 Å². The Morgan fingerprint density at radius 2 is 2.40 bits per heavy atom. The van der Waals surface area contributed by atoms with E-state index in [1.54, 1.807) is 0 Å². The number of nitrogens with two attached hydrogens (primary N) is 1. The lowest BCUT2D eigenvalue weighted by atomic mass is 10.2. The minimum absolute atomic E-state index is 0.0214. The van der Waals surface area contributed by atoms with Crippen LogP contribution in [0.5, 0.6) is 0 Å². The molecule has 1 atom stereocenters. The van der Waals surface area contributed by atoms with E-state index in [2.05, 4.69) is 17.5 Å². The third kappa shape index (κ3) is 7.65. The Balaban J connectivity index is 2.98. The molecule has 3 nitrogen and oxygen atoms in total. The van der Waals surface area contributed by atoms with E-state index in [-0.39, 0.29) is 6.04 Å². The molecule has 4 heteroatoms. The smallest absolute Gasteiger partial charge is 0.163 e. The Bertz CT molecular complexity index is 103. The standard InChI is InChI=1S/C6H14N3S/c1-5(7)3-2-4-9-6(8)10/h5,7H,2-4H2,1H3,(H3,8,9,10)/q-1. The molecule has 0 radical (unpaired) electrons. The average molecular weight is 160 g/mol. The minimum atomic E-state index is 0.0214. The average Bonchev–Trinajstić information content (AvgIpc) is 1.79. The van der Waals surface area contributed by atoms with Gasteiger partial charge in [-0.15, -0.1) is 6.04 Å². The molecule has 10 heavy (non-hydrogen) atoms. The van der Waals surface area contributed by atoms with E-state index >= 15 is 0 Å². The zero-order valence-electron chi connectivity index (χ0n) is 6.18.